The van der Waals surface area contributed by atoms with Gasteiger partial charge in [0, 0.05) is 0 Å². The van der Waals surface area contributed by atoms with Crippen LogP contribution < -0.4 is 4.74 Å². The fourth-order valence-corrected chi connectivity index (χ4v) is 2.12. The van der Waals surface area contributed by atoms with Crippen molar-refractivity contribution in [1.29, 1.82) is 0 Å². The summed E-state index contributed by atoms with van der Waals surface area (Å²) in [5.41, 5.74) is 0.379. The molecule has 1 heterocycles. The number of carbonyl (C=O) groups excluding carboxylic acids is 1. The molecule has 1 aliphatic rings. The molecule has 1 N–H and O–H groups in total. The highest BCUT2D eigenvalue weighted by atomic mass is 35.5. The van der Waals surface area contributed by atoms with E-state index in [0.717, 1.165) is 0 Å². The van der Waals surface area contributed by atoms with Crippen LogP contribution in [0.25, 0.3) is 0 Å². The standard InChI is InChI=1S/C12H18N2O3.ClH/c1-2-16-12(15)10-7-13-14-11(10)17-8-9-5-3-4-6-9;/h7,9H,2-6,8H2,1H3,(H,13,14);1H. The highest BCUT2D eigenvalue weighted by Crippen LogP contribution is 2.26. The van der Waals surface area contributed by atoms with E-state index in [4.69, 9.17) is 9.47 Å². The number of ether oxygens (including phenoxy) is 2. The lowest BCUT2D eigenvalue weighted by molar-refractivity contribution is 0.0521. The number of hydrogen-bond acceptors (Lipinski definition) is 4. The average molecular weight is 275 g/mol. The number of carbonyl (C=O) groups is 1. The van der Waals surface area contributed by atoms with Gasteiger partial charge in [-0.2, -0.15) is 5.10 Å². The van der Waals surface area contributed by atoms with E-state index in [-0.39, 0.29) is 18.4 Å². The van der Waals surface area contributed by atoms with Crippen molar-refractivity contribution >= 4 is 18.4 Å². The molecule has 18 heavy (non-hydrogen) atoms. The number of esters is 1. The van der Waals surface area contributed by atoms with Crippen LogP contribution in [-0.2, 0) is 4.74 Å². The molecule has 5 nitrogen and oxygen atoms in total. The Morgan fingerprint density at radius 3 is 2.89 bits per heavy atom. The summed E-state index contributed by atoms with van der Waals surface area (Å²) in [6.45, 7) is 2.78. The maximum atomic E-state index is 11.6. The van der Waals surface area contributed by atoms with Crippen LogP contribution in [0.5, 0.6) is 5.88 Å². The van der Waals surface area contributed by atoms with Gasteiger partial charge >= 0.3 is 5.97 Å². The summed E-state index contributed by atoms with van der Waals surface area (Å²) in [4.78, 5) is 11.6. The molecule has 1 fully saturated rings. The van der Waals surface area contributed by atoms with Gasteiger partial charge in [0.1, 0.15) is 5.56 Å². The lowest BCUT2D eigenvalue weighted by Gasteiger charge is -2.10. The molecule has 6 heteroatoms. The van der Waals surface area contributed by atoms with Gasteiger partial charge in [-0.05, 0) is 25.7 Å². The maximum Gasteiger partial charge on any atom is 0.345 e. The molecule has 1 aromatic heterocycles. The molecular formula is C12H19ClN2O3. The van der Waals surface area contributed by atoms with Crippen molar-refractivity contribution in [3.05, 3.63) is 11.8 Å². The quantitative estimate of drug-likeness (QED) is 0.838. The lowest BCUT2D eigenvalue weighted by atomic mass is 10.1. The fraction of sp³-hybridized carbons (Fsp3) is 0.667. The molecule has 2 rings (SSSR count). The van der Waals surface area contributed by atoms with Gasteiger partial charge in [-0.1, -0.05) is 12.8 Å². The van der Waals surface area contributed by atoms with Crippen LogP contribution in [0, 0.1) is 5.92 Å². The molecule has 102 valence electrons. The van der Waals surface area contributed by atoms with Gasteiger partial charge < -0.3 is 9.47 Å². The number of aromatic nitrogens is 2. The molecular weight excluding hydrogens is 256 g/mol. The SMILES string of the molecule is CCOC(=O)c1cn[nH]c1OCC1CCCC1.Cl. The van der Waals surface area contributed by atoms with Crippen LogP contribution in [-0.4, -0.2) is 29.4 Å². The summed E-state index contributed by atoms with van der Waals surface area (Å²) < 4.78 is 10.5. The summed E-state index contributed by atoms with van der Waals surface area (Å²) in [5, 5.41) is 6.52. The number of hydrogen-bond donors (Lipinski definition) is 1. The smallest absolute Gasteiger partial charge is 0.345 e. The van der Waals surface area contributed by atoms with Gasteiger partial charge in [0.15, 0.2) is 0 Å². The van der Waals surface area contributed by atoms with Gasteiger partial charge in [-0.25, -0.2) is 9.89 Å². The van der Waals surface area contributed by atoms with E-state index in [1.54, 1.807) is 6.92 Å². The number of aromatic amines is 1. The highest BCUT2D eigenvalue weighted by Gasteiger charge is 2.19. The minimum atomic E-state index is -0.386. The third-order valence-electron chi connectivity index (χ3n) is 3.04. The van der Waals surface area contributed by atoms with E-state index in [9.17, 15) is 4.79 Å². The summed E-state index contributed by atoms with van der Waals surface area (Å²) in [6.07, 6.45) is 6.43. The van der Waals surface area contributed by atoms with E-state index in [1.807, 2.05) is 0 Å². The Morgan fingerprint density at radius 2 is 2.22 bits per heavy atom. The second kappa shape index (κ2) is 7.26. The molecule has 0 amide bonds. The first-order valence-corrected chi connectivity index (χ1v) is 6.14. The zero-order chi connectivity index (χ0) is 12.1. The van der Waals surface area contributed by atoms with Gasteiger partial charge in [-0.15, -0.1) is 12.4 Å². The van der Waals surface area contributed by atoms with E-state index >= 15 is 0 Å². The predicted octanol–water partition coefficient (Wildman–Crippen LogP) is 2.58. The molecule has 0 saturated heterocycles. The summed E-state index contributed by atoms with van der Waals surface area (Å²) in [6, 6.07) is 0. The minimum absolute atomic E-state index is 0. The third-order valence-corrected chi connectivity index (χ3v) is 3.04. The molecule has 1 saturated carbocycles. The van der Waals surface area contributed by atoms with Gasteiger partial charge in [0.2, 0.25) is 5.88 Å². The Balaban J connectivity index is 0.00000162. The zero-order valence-corrected chi connectivity index (χ0v) is 11.3. The van der Waals surface area contributed by atoms with Crippen LogP contribution in [0.1, 0.15) is 43.0 Å². The molecule has 0 unspecified atom stereocenters. The van der Waals surface area contributed by atoms with Crippen LogP contribution in [0.4, 0.5) is 0 Å². The van der Waals surface area contributed by atoms with Crippen molar-refractivity contribution in [2.45, 2.75) is 32.6 Å². The van der Waals surface area contributed by atoms with Crippen molar-refractivity contribution in [3.63, 3.8) is 0 Å². The highest BCUT2D eigenvalue weighted by molar-refractivity contribution is 5.91. The summed E-state index contributed by atoms with van der Waals surface area (Å²) in [5.74, 6) is 0.645. The van der Waals surface area contributed by atoms with E-state index in [2.05, 4.69) is 10.2 Å². The zero-order valence-electron chi connectivity index (χ0n) is 10.5. The van der Waals surface area contributed by atoms with Crippen molar-refractivity contribution in [1.82, 2.24) is 10.2 Å². The topological polar surface area (TPSA) is 64.2 Å². The Labute approximate surface area is 113 Å². The van der Waals surface area contributed by atoms with Gasteiger partial charge in [0.05, 0.1) is 19.4 Å². The van der Waals surface area contributed by atoms with Crippen molar-refractivity contribution < 1.29 is 14.3 Å². The first kappa shape index (κ1) is 14.8. The Hall–Kier alpha value is -1.23. The van der Waals surface area contributed by atoms with Crippen molar-refractivity contribution in [2.24, 2.45) is 5.92 Å². The summed E-state index contributed by atoms with van der Waals surface area (Å²) in [7, 11) is 0. The molecule has 1 aromatic rings. The van der Waals surface area contributed by atoms with E-state index in [1.165, 1.54) is 31.9 Å². The second-order valence-corrected chi connectivity index (χ2v) is 4.29. The molecule has 0 radical (unpaired) electrons. The predicted molar refractivity (Wildman–Crippen MR) is 69.2 cm³/mol. The molecule has 0 bridgehead atoms. The lowest BCUT2D eigenvalue weighted by Crippen LogP contribution is -2.11. The molecule has 0 spiro atoms. The first-order chi connectivity index (χ1) is 8.31. The third kappa shape index (κ3) is 3.63. The maximum absolute atomic E-state index is 11.6. The van der Waals surface area contributed by atoms with Crippen molar-refractivity contribution in [3.8, 4) is 5.88 Å². The Kier molecular flexibility index (Phi) is 5.98. The number of halogens is 1. The van der Waals surface area contributed by atoms with E-state index in [0.29, 0.717) is 30.6 Å². The van der Waals surface area contributed by atoms with Crippen LogP contribution in [0.15, 0.2) is 6.20 Å². The van der Waals surface area contributed by atoms with Crippen molar-refractivity contribution in [2.75, 3.05) is 13.2 Å². The molecule has 0 aromatic carbocycles. The average Bonchev–Trinajstić information content (AvgIpc) is 2.98. The van der Waals surface area contributed by atoms with E-state index < -0.39 is 0 Å². The van der Waals surface area contributed by atoms with Crippen LogP contribution in [0.3, 0.4) is 0 Å². The number of H-pyrrole nitrogens is 1. The van der Waals surface area contributed by atoms with Gasteiger partial charge in [0.25, 0.3) is 0 Å². The monoisotopic (exact) mass is 274 g/mol. The minimum Gasteiger partial charge on any atom is -0.477 e. The summed E-state index contributed by atoms with van der Waals surface area (Å²) >= 11 is 0. The van der Waals surface area contributed by atoms with Crippen LogP contribution >= 0.6 is 12.4 Å². The number of rotatable bonds is 5. The largest absolute Gasteiger partial charge is 0.477 e. The first-order valence-electron chi connectivity index (χ1n) is 6.14. The second-order valence-electron chi connectivity index (χ2n) is 4.29. The normalized spacial score (nSPS) is 15.2. The Bertz CT molecular complexity index is 375. The van der Waals surface area contributed by atoms with Gasteiger partial charge in [-0.3, -0.25) is 0 Å². The molecule has 0 atom stereocenters. The molecule has 0 aliphatic heterocycles. The Morgan fingerprint density at radius 1 is 1.50 bits per heavy atom. The molecule has 1 aliphatic carbocycles. The number of nitrogens with one attached hydrogen (secondary N) is 1. The van der Waals surface area contributed by atoms with Crippen LogP contribution in [0.2, 0.25) is 0 Å². The fourth-order valence-electron chi connectivity index (χ4n) is 2.12. The number of nitrogens with zero attached hydrogens (tertiary/aromatic N) is 1.